The summed E-state index contributed by atoms with van der Waals surface area (Å²) in [7, 11) is -3.08. The van der Waals surface area contributed by atoms with Crippen LogP contribution in [0.2, 0.25) is 0 Å². The summed E-state index contributed by atoms with van der Waals surface area (Å²) in [6.45, 7) is -0.106. The molecule has 0 saturated heterocycles. The van der Waals surface area contributed by atoms with Gasteiger partial charge in [-0.2, -0.15) is 0 Å². The van der Waals surface area contributed by atoms with E-state index in [0.717, 1.165) is 18.5 Å². The van der Waals surface area contributed by atoms with Gasteiger partial charge in [0.15, 0.2) is 0 Å². The Morgan fingerprint density at radius 1 is 1.29 bits per heavy atom. The van der Waals surface area contributed by atoms with E-state index in [4.69, 9.17) is 5.11 Å². The number of hydrogen-bond donors (Lipinski definition) is 1. The number of anilines is 1. The second-order valence-electron chi connectivity index (χ2n) is 5.63. The molecule has 2 rings (SSSR count). The minimum absolute atomic E-state index is 0.0445. The minimum atomic E-state index is -3.08. The zero-order valence-electron chi connectivity index (χ0n) is 12.1. The Hall–Kier alpha value is -1.56. The van der Waals surface area contributed by atoms with Crippen LogP contribution < -0.4 is 4.90 Å². The third-order valence-electron chi connectivity index (χ3n) is 4.04. The second kappa shape index (κ2) is 6.47. The number of para-hydroxylation sites is 1. The highest BCUT2D eigenvalue weighted by atomic mass is 32.2. The van der Waals surface area contributed by atoms with E-state index in [1.165, 1.54) is 6.26 Å². The Labute approximate surface area is 125 Å². The topological polar surface area (TPSA) is 74.7 Å². The lowest BCUT2D eigenvalue weighted by Gasteiger charge is -2.37. The second-order valence-corrected chi connectivity index (χ2v) is 7.95. The van der Waals surface area contributed by atoms with E-state index in [0.29, 0.717) is 12.8 Å². The van der Waals surface area contributed by atoms with Crippen molar-refractivity contribution in [1.29, 1.82) is 0 Å². The molecule has 6 heteroatoms. The molecular weight excluding hydrogens is 290 g/mol. The Morgan fingerprint density at radius 3 is 2.52 bits per heavy atom. The maximum absolute atomic E-state index is 11.8. The monoisotopic (exact) mass is 311 g/mol. The molecule has 116 valence electrons. The molecule has 0 aliphatic heterocycles. The van der Waals surface area contributed by atoms with Gasteiger partial charge >= 0.3 is 5.97 Å². The predicted octanol–water partition coefficient (Wildman–Crippen LogP) is 1.93. The standard InChI is InChI=1S/C15H21NO4S/c1-21(19,20)14-9-5-8-13(10-14)16(11-15(17)18)12-6-3-2-4-7-12/h2-4,6-7,13-14H,5,8-11H2,1H3,(H,17,18). The molecule has 0 aromatic heterocycles. The first kappa shape index (κ1) is 15.8. The van der Waals surface area contributed by atoms with Crippen LogP contribution in [-0.2, 0) is 14.6 Å². The summed E-state index contributed by atoms with van der Waals surface area (Å²) < 4.78 is 23.6. The normalized spacial score (nSPS) is 22.7. The van der Waals surface area contributed by atoms with Crippen LogP contribution in [0, 0.1) is 0 Å². The van der Waals surface area contributed by atoms with Crippen molar-refractivity contribution >= 4 is 21.5 Å². The zero-order valence-corrected chi connectivity index (χ0v) is 12.9. The molecular formula is C15H21NO4S. The van der Waals surface area contributed by atoms with Gasteiger partial charge in [0.25, 0.3) is 0 Å². The van der Waals surface area contributed by atoms with Crippen LogP contribution in [0.15, 0.2) is 30.3 Å². The number of carbonyl (C=O) groups is 1. The highest BCUT2D eigenvalue weighted by Gasteiger charge is 2.32. The number of rotatable bonds is 5. The molecule has 0 radical (unpaired) electrons. The van der Waals surface area contributed by atoms with E-state index in [2.05, 4.69) is 0 Å². The van der Waals surface area contributed by atoms with Gasteiger partial charge < -0.3 is 10.0 Å². The van der Waals surface area contributed by atoms with E-state index in [-0.39, 0.29) is 17.8 Å². The van der Waals surface area contributed by atoms with Gasteiger partial charge in [-0.3, -0.25) is 4.79 Å². The van der Waals surface area contributed by atoms with Crippen LogP contribution in [-0.4, -0.2) is 43.6 Å². The lowest BCUT2D eigenvalue weighted by Crippen LogP contribution is -2.44. The number of nitrogens with zero attached hydrogens (tertiary/aromatic N) is 1. The number of aliphatic carboxylic acids is 1. The summed E-state index contributed by atoms with van der Waals surface area (Å²) in [6.07, 6.45) is 4.08. The summed E-state index contributed by atoms with van der Waals surface area (Å²) in [6, 6.07) is 9.29. The molecule has 1 aliphatic carbocycles. The third-order valence-corrected chi connectivity index (χ3v) is 5.68. The molecule has 1 aliphatic rings. The van der Waals surface area contributed by atoms with Gasteiger partial charge in [0.1, 0.15) is 16.4 Å². The zero-order chi connectivity index (χ0) is 15.5. The van der Waals surface area contributed by atoms with Crippen molar-refractivity contribution in [3.8, 4) is 0 Å². The minimum Gasteiger partial charge on any atom is -0.480 e. The summed E-state index contributed by atoms with van der Waals surface area (Å²) in [5.41, 5.74) is 0.832. The first-order valence-electron chi connectivity index (χ1n) is 7.10. The van der Waals surface area contributed by atoms with Gasteiger partial charge in [0.2, 0.25) is 0 Å². The average molecular weight is 311 g/mol. The van der Waals surface area contributed by atoms with E-state index in [9.17, 15) is 13.2 Å². The summed E-state index contributed by atoms with van der Waals surface area (Å²) in [4.78, 5) is 13.0. The molecule has 0 heterocycles. The fourth-order valence-electron chi connectivity index (χ4n) is 2.99. The molecule has 2 unspecified atom stereocenters. The van der Waals surface area contributed by atoms with Gasteiger partial charge in [-0.05, 0) is 31.4 Å². The summed E-state index contributed by atoms with van der Waals surface area (Å²) >= 11 is 0. The van der Waals surface area contributed by atoms with Crippen molar-refractivity contribution in [3.63, 3.8) is 0 Å². The van der Waals surface area contributed by atoms with Gasteiger partial charge in [-0.25, -0.2) is 8.42 Å². The van der Waals surface area contributed by atoms with Crippen LogP contribution in [0.4, 0.5) is 5.69 Å². The van der Waals surface area contributed by atoms with Crippen LogP contribution in [0.5, 0.6) is 0 Å². The molecule has 1 saturated carbocycles. The summed E-state index contributed by atoms with van der Waals surface area (Å²) in [5.74, 6) is -0.902. The number of carboxylic acids is 1. The maximum Gasteiger partial charge on any atom is 0.323 e. The van der Waals surface area contributed by atoms with Crippen LogP contribution in [0.25, 0.3) is 0 Å². The van der Waals surface area contributed by atoms with Crippen molar-refractivity contribution in [1.82, 2.24) is 0 Å². The van der Waals surface area contributed by atoms with E-state index < -0.39 is 15.8 Å². The van der Waals surface area contributed by atoms with Crippen molar-refractivity contribution in [2.45, 2.75) is 37.0 Å². The molecule has 0 amide bonds. The molecule has 1 fully saturated rings. The molecule has 1 aromatic carbocycles. The van der Waals surface area contributed by atoms with Crippen molar-refractivity contribution in [2.24, 2.45) is 0 Å². The summed E-state index contributed by atoms with van der Waals surface area (Å²) in [5, 5.41) is 8.78. The van der Waals surface area contributed by atoms with Crippen LogP contribution in [0.1, 0.15) is 25.7 Å². The lowest BCUT2D eigenvalue weighted by molar-refractivity contribution is -0.135. The van der Waals surface area contributed by atoms with Crippen LogP contribution >= 0.6 is 0 Å². The van der Waals surface area contributed by atoms with Gasteiger partial charge in [0.05, 0.1) is 5.25 Å². The van der Waals surface area contributed by atoms with E-state index >= 15 is 0 Å². The predicted molar refractivity (Wildman–Crippen MR) is 82.3 cm³/mol. The molecule has 2 atom stereocenters. The number of carboxylic acid groups (broad SMARTS) is 1. The fraction of sp³-hybridized carbons (Fsp3) is 0.533. The quantitative estimate of drug-likeness (QED) is 0.899. The molecule has 5 nitrogen and oxygen atoms in total. The van der Waals surface area contributed by atoms with Crippen molar-refractivity contribution < 1.29 is 18.3 Å². The van der Waals surface area contributed by atoms with Gasteiger partial charge in [-0.1, -0.05) is 24.6 Å². The van der Waals surface area contributed by atoms with Gasteiger partial charge in [0, 0.05) is 18.0 Å². The smallest absolute Gasteiger partial charge is 0.323 e. The Kier molecular flexibility index (Phi) is 4.88. The van der Waals surface area contributed by atoms with Gasteiger partial charge in [-0.15, -0.1) is 0 Å². The first-order valence-corrected chi connectivity index (χ1v) is 9.05. The molecule has 1 aromatic rings. The Balaban J connectivity index is 2.22. The Morgan fingerprint density at radius 2 is 1.95 bits per heavy atom. The lowest BCUT2D eigenvalue weighted by atomic mass is 9.93. The van der Waals surface area contributed by atoms with E-state index in [1.54, 1.807) is 0 Å². The van der Waals surface area contributed by atoms with Crippen molar-refractivity contribution in [2.75, 3.05) is 17.7 Å². The maximum atomic E-state index is 11.8. The van der Waals surface area contributed by atoms with E-state index in [1.807, 2.05) is 35.2 Å². The number of benzene rings is 1. The molecule has 0 bridgehead atoms. The van der Waals surface area contributed by atoms with Crippen molar-refractivity contribution in [3.05, 3.63) is 30.3 Å². The molecule has 21 heavy (non-hydrogen) atoms. The highest BCUT2D eigenvalue weighted by Crippen LogP contribution is 2.30. The SMILES string of the molecule is CS(=O)(=O)C1CCCC(N(CC(=O)O)c2ccccc2)C1. The number of sulfone groups is 1. The average Bonchev–Trinajstić information content (AvgIpc) is 2.45. The third kappa shape index (κ3) is 4.20. The molecule has 1 N–H and O–H groups in total. The first-order chi connectivity index (χ1) is 9.88. The number of hydrogen-bond acceptors (Lipinski definition) is 4. The van der Waals surface area contributed by atoms with Crippen LogP contribution in [0.3, 0.4) is 0 Å². The molecule has 0 spiro atoms. The fourth-order valence-corrected chi connectivity index (χ4v) is 4.16. The highest BCUT2D eigenvalue weighted by molar-refractivity contribution is 7.91. The Bertz CT molecular complexity index is 585. The largest absolute Gasteiger partial charge is 0.480 e.